The zero-order valence-corrected chi connectivity index (χ0v) is 28.3. The first-order valence-corrected chi connectivity index (χ1v) is 17.8. The number of carbonyl (C=O) groups excluding carboxylic acids is 3. The number of rotatable bonds is 2. The largest absolute Gasteiger partial charge is 0.480 e. The molecule has 0 unspecified atom stereocenters. The van der Waals surface area contributed by atoms with Gasteiger partial charge in [0, 0.05) is 25.9 Å². The fourth-order valence-corrected chi connectivity index (χ4v) is 11.6. The van der Waals surface area contributed by atoms with Gasteiger partial charge in [0.1, 0.15) is 23.3 Å². The van der Waals surface area contributed by atoms with Crippen LogP contribution in [0, 0.1) is 0 Å². The molecule has 4 aliphatic heterocycles. The van der Waals surface area contributed by atoms with Gasteiger partial charge in [-0.25, -0.2) is 19.2 Å². The Balaban J connectivity index is 0.000000226. The molecule has 0 bridgehead atoms. The number of hydrogen-bond acceptors (Lipinski definition) is 11. The van der Waals surface area contributed by atoms with Crippen LogP contribution in [0.3, 0.4) is 0 Å². The van der Waals surface area contributed by atoms with Crippen molar-refractivity contribution in [2.45, 2.75) is 98.7 Å². The van der Waals surface area contributed by atoms with E-state index in [2.05, 4.69) is 0 Å². The van der Waals surface area contributed by atoms with Crippen molar-refractivity contribution in [3.63, 3.8) is 0 Å². The molecule has 234 valence electrons. The number of carboxylic acid groups (broad SMARTS) is 1. The first kappa shape index (κ1) is 34.4. The van der Waals surface area contributed by atoms with Crippen LogP contribution in [0.4, 0.5) is 9.59 Å². The average molecular weight is 653 g/mol. The van der Waals surface area contributed by atoms with E-state index in [1.54, 1.807) is 49.2 Å². The molecule has 0 aromatic rings. The molecule has 0 saturated carbocycles. The van der Waals surface area contributed by atoms with E-state index in [0.29, 0.717) is 25.9 Å². The third kappa shape index (κ3) is 9.43. The predicted octanol–water partition coefficient (Wildman–Crippen LogP) is 5.38. The summed E-state index contributed by atoms with van der Waals surface area (Å²) in [6, 6.07) is -1.31. The van der Waals surface area contributed by atoms with Gasteiger partial charge in [-0.2, -0.15) is 0 Å². The zero-order valence-electron chi connectivity index (χ0n) is 25.1. The normalized spacial score (nSPS) is 25.3. The molecule has 0 aromatic carbocycles. The highest BCUT2D eigenvalue weighted by molar-refractivity contribution is 8.19. The van der Waals surface area contributed by atoms with Crippen LogP contribution >= 0.6 is 47.0 Å². The highest BCUT2D eigenvalue weighted by Crippen LogP contribution is 2.51. The summed E-state index contributed by atoms with van der Waals surface area (Å²) >= 11 is 7.27. The molecular formula is C27H44N2O8S4. The van der Waals surface area contributed by atoms with Crippen LogP contribution in [-0.4, -0.2) is 114 Å². The standard InChI is InChI=1S/C14H23NO4S2.C13H21NO4S2/c1-13(2,3)19-12(17)15-9-14(20-6-5-7-21-14)8-10(15)11(16)18-4;1-12(2,3)18-11(17)14-8-13(7-9(14)10(15)16)19-5-4-6-20-13/h10H,5-9H2,1-4H3;9H,4-8H2,1-3H3,(H,15,16)/t10-;9-/m00/s1. The zero-order chi connectivity index (χ0) is 30.6. The molecule has 4 rings (SSSR count). The molecule has 2 amide bonds. The Morgan fingerprint density at radius 2 is 1.07 bits per heavy atom. The molecule has 0 aromatic heterocycles. The first-order valence-electron chi connectivity index (χ1n) is 13.8. The van der Waals surface area contributed by atoms with E-state index >= 15 is 0 Å². The van der Waals surface area contributed by atoms with Gasteiger partial charge in [-0.15, -0.1) is 47.0 Å². The molecule has 4 fully saturated rings. The molecule has 1 N–H and O–H groups in total. The number of nitrogens with zero attached hydrogens (tertiary/aromatic N) is 2. The fraction of sp³-hybridized carbons (Fsp3) is 0.852. The van der Waals surface area contributed by atoms with Gasteiger partial charge < -0.3 is 19.3 Å². The molecule has 0 aliphatic carbocycles. The number of esters is 1. The lowest BCUT2D eigenvalue weighted by Gasteiger charge is -2.32. The van der Waals surface area contributed by atoms with Crippen LogP contribution in [-0.2, 0) is 23.8 Å². The maximum atomic E-state index is 12.4. The van der Waals surface area contributed by atoms with Crippen LogP contribution in [0.5, 0.6) is 0 Å². The smallest absolute Gasteiger partial charge is 0.411 e. The number of thioether (sulfide) groups is 4. The molecule has 2 spiro atoms. The van der Waals surface area contributed by atoms with Crippen molar-refractivity contribution in [2.24, 2.45) is 0 Å². The summed E-state index contributed by atoms with van der Waals surface area (Å²) in [6.45, 7) is 11.8. The van der Waals surface area contributed by atoms with E-state index in [1.165, 1.54) is 18.4 Å². The molecule has 14 heteroatoms. The van der Waals surface area contributed by atoms with E-state index in [9.17, 15) is 24.3 Å². The second-order valence-electron chi connectivity index (χ2n) is 12.4. The third-order valence-corrected chi connectivity index (χ3v) is 13.3. The summed E-state index contributed by atoms with van der Waals surface area (Å²) in [5.41, 5.74) is -1.18. The van der Waals surface area contributed by atoms with Crippen LogP contribution in [0.2, 0.25) is 0 Å². The molecular weight excluding hydrogens is 609 g/mol. The lowest BCUT2D eigenvalue weighted by Crippen LogP contribution is -2.44. The summed E-state index contributed by atoms with van der Waals surface area (Å²) in [5, 5.41) is 9.38. The topological polar surface area (TPSA) is 123 Å². The van der Waals surface area contributed by atoms with Crippen molar-refractivity contribution in [3.8, 4) is 0 Å². The fourth-order valence-electron chi connectivity index (χ4n) is 4.92. The molecule has 4 heterocycles. The summed E-state index contributed by atoms with van der Waals surface area (Å²) in [7, 11) is 1.36. The van der Waals surface area contributed by atoms with E-state index in [4.69, 9.17) is 14.2 Å². The van der Waals surface area contributed by atoms with Crippen molar-refractivity contribution in [1.29, 1.82) is 0 Å². The lowest BCUT2D eigenvalue weighted by atomic mass is 10.2. The van der Waals surface area contributed by atoms with Gasteiger partial charge in [0.2, 0.25) is 0 Å². The van der Waals surface area contributed by atoms with Gasteiger partial charge in [0.05, 0.1) is 15.3 Å². The summed E-state index contributed by atoms with van der Waals surface area (Å²) in [6.07, 6.45) is 2.49. The Morgan fingerprint density at radius 1 is 0.707 bits per heavy atom. The molecule has 4 saturated heterocycles. The Bertz CT molecular complexity index is 971. The van der Waals surface area contributed by atoms with Gasteiger partial charge in [0.15, 0.2) is 0 Å². The van der Waals surface area contributed by atoms with Gasteiger partial charge in [0.25, 0.3) is 0 Å². The van der Waals surface area contributed by atoms with Gasteiger partial charge in [-0.05, 0) is 77.4 Å². The predicted molar refractivity (Wildman–Crippen MR) is 167 cm³/mol. The van der Waals surface area contributed by atoms with E-state index in [1.807, 2.05) is 44.3 Å². The van der Waals surface area contributed by atoms with Crippen molar-refractivity contribution >= 4 is 71.2 Å². The summed E-state index contributed by atoms with van der Waals surface area (Å²) in [5.74, 6) is 2.90. The SMILES string of the molecule is CC(C)(C)OC(=O)N1CC2(C[C@H]1C(=O)O)SCCCS2.COC(=O)[C@@H]1CC2(CN1C(=O)OC(C)(C)C)SCCCS2. The Hall–Kier alpha value is -1.12. The van der Waals surface area contributed by atoms with Crippen LogP contribution in [0.25, 0.3) is 0 Å². The Kier molecular flexibility index (Phi) is 11.5. The number of likely N-dealkylation sites (tertiary alicyclic amines) is 2. The minimum Gasteiger partial charge on any atom is -0.480 e. The number of methoxy groups -OCH3 is 1. The van der Waals surface area contributed by atoms with Crippen molar-refractivity contribution in [2.75, 3.05) is 43.2 Å². The molecule has 41 heavy (non-hydrogen) atoms. The quantitative estimate of drug-likeness (QED) is 0.304. The maximum absolute atomic E-state index is 12.4. The maximum Gasteiger partial charge on any atom is 0.411 e. The van der Waals surface area contributed by atoms with Crippen molar-refractivity contribution in [1.82, 2.24) is 9.80 Å². The van der Waals surface area contributed by atoms with Gasteiger partial charge in [-0.3, -0.25) is 9.80 Å². The van der Waals surface area contributed by atoms with E-state index in [-0.39, 0.29) is 14.1 Å². The minimum absolute atomic E-state index is 0.0893. The molecule has 10 nitrogen and oxygen atoms in total. The number of aliphatic carboxylic acids is 1. The van der Waals surface area contributed by atoms with Crippen LogP contribution in [0.15, 0.2) is 0 Å². The number of carboxylic acids is 1. The average Bonchev–Trinajstić information content (AvgIpc) is 3.42. The molecule has 0 radical (unpaired) electrons. The van der Waals surface area contributed by atoms with E-state index < -0.39 is 41.4 Å². The summed E-state index contributed by atoms with van der Waals surface area (Å²) < 4.78 is 15.4. The van der Waals surface area contributed by atoms with Crippen LogP contribution in [0.1, 0.15) is 67.2 Å². The Labute approximate surface area is 260 Å². The van der Waals surface area contributed by atoms with E-state index in [0.717, 1.165) is 29.4 Å². The van der Waals surface area contributed by atoms with Gasteiger partial charge >= 0.3 is 24.1 Å². The first-order chi connectivity index (χ1) is 19.0. The second kappa shape index (κ2) is 13.7. The highest BCUT2D eigenvalue weighted by Gasteiger charge is 2.53. The van der Waals surface area contributed by atoms with Gasteiger partial charge in [-0.1, -0.05) is 0 Å². The van der Waals surface area contributed by atoms with Crippen LogP contribution < -0.4 is 0 Å². The number of ether oxygens (including phenoxy) is 3. The minimum atomic E-state index is -0.945. The number of hydrogen-bond donors (Lipinski definition) is 1. The van der Waals surface area contributed by atoms with Crippen molar-refractivity contribution in [3.05, 3.63) is 0 Å². The summed E-state index contributed by atoms with van der Waals surface area (Å²) in [4.78, 5) is 51.0. The monoisotopic (exact) mass is 652 g/mol. The Morgan fingerprint density at radius 3 is 1.41 bits per heavy atom. The molecule has 2 atom stereocenters. The highest BCUT2D eigenvalue weighted by atomic mass is 32.2. The number of carbonyl (C=O) groups is 4. The van der Waals surface area contributed by atoms with Crippen molar-refractivity contribution < 1.29 is 38.5 Å². The number of amides is 2. The lowest BCUT2D eigenvalue weighted by molar-refractivity contribution is -0.145. The molecule has 4 aliphatic rings. The third-order valence-electron chi connectivity index (χ3n) is 6.64. The second-order valence-corrected chi connectivity index (χ2v) is 18.9.